The number of hydrogen-bond donors (Lipinski definition) is 1. The highest BCUT2D eigenvalue weighted by atomic mass is 16.5. The average Bonchev–Trinajstić information content (AvgIpc) is 3.13. The Morgan fingerprint density at radius 1 is 1.03 bits per heavy atom. The number of aryl methyl sites for hydroxylation is 1. The van der Waals surface area contributed by atoms with Gasteiger partial charge in [-0.3, -0.25) is 9.69 Å². The van der Waals surface area contributed by atoms with E-state index in [1.165, 1.54) is 0 Å². The van der Waals surface area contributed by atoms with E-state index < -0.39 is 0 Å². The predicted octanol–water partition coefficient (Wildman–Crippen LogP) is 4.97. The number of aromatic hydroxyl groups is 1. The first-order valence-electron chi connectivity index (χ1n) is 10.7. The van der Waals surface area contributed by atoms with Crippen molar-refractivity contribution in [1.29, 1.82) is 0 Å². The lowest BCUT2D eigenvalue weighted by atomic mass is 9.99. The molecule has 0 aromatic heterocycles. The van der Waals surface area contributed by atoms with Gasteiger partial charge in [-0.25, -0.2) is 0 Å². The van der Waals surface area contributed by atoms with Crippen molar-refractivity contribution >= 4 is 11.9 Å². The molecule has 0 radical (unpaired) electrons. The van der Waals surface area contributed by atoms with Crippen molar-refractivity contribution in [1.82, 2.24) is 4.90 Å². The molecular weight excluding hydrogens is 418 g/mol. The van der Waals surface area contributed by atoms with Gasteiger partial charge in [-0.2, -0.15) is 0 Å². The molecule has 1 N–H and O–H groups in total. The summed E-state index contributed by atoms with van der Waals surface area (Å²) >= 11 is 0. The van der Waals surface area contributed by atoms with Crippen LogP contribution in [0.1, 0.15) is 32.6 Å². The molecule has 6 nitrogen and oxygen atoms in total. The molecule has 0 unspecified atom stereocenters. The van der Waals surface area contributed by atoms with Gasteiger partial charge in [-0.05, 0) is 49.4 Å². The van der Waals surface area contributed by atoms with Crippen LogP contribution in [0.25, 0.3) is 6.08 Å². The first-order chi connectivity index (χ1) is 15.9. The number of ketones is 1. The van der Waals surface area contributed by atoms with Crippen molar-refractivity contribution in [2.75, 3.05) is 21.3 Å². The lowest BCUT2D eigenvalue weighted by molar-refractivity contribution is 0.101. The van der Waals surface area contributed by atoms with Crippen LogP contribution < -0.4 is 14.2 Å². The summed E-state index contributed by atoms with van der Waals surface area (Å²) in [5, 5.41) is 10.7. The molecule has 170 valence electrons. The molecule has 0 fully saturated rings. The van der Waals surface area contributed by atoms with Gasteiger partial charge < -0.3 is 19.3 Å². The van der Waals surface area contributed by atoms with Crippen LogP contribution in [0.3, 0.4) is 0 Å². The summed E-state index contributed by atoms with van der Waals surface area (Å²) in [6, 6.07) is 17.1. The highest BCUT2D eigenvalue weighted by Crippen LogP contribution is 2.42. The third kappa shape index (κ3) is 4.56. The molecule has 6 heteroatoms. The molecule has 1 aliphatic heterocycles. The molecule has 0 amide bonds. The predicted molar refractivity (Wildman–Crippen MR) is 127 cm³/mol. The molecule has 0 bridgehead atoms. The molecule has 33 heavy (non-hydrogen) atoms. The minimum Gasteiger partial charge on any atom is -0.507 e. The molecule has 4 rings (SSSR count). The first kappa shape index (κ1) is 22.4. The van der Waals surface area contributed by atoms with Crippen LogP contribution in [0, 0.1) is 6.92 Å². The normalized spacial score (nSPS) is 13.8. The standard InChI is InChI=1S/C27H27NO5/c1-17-12-22(29)21(16-28(2)15-18-8-6-5-7-9-18)27-25(17)26(30)24(33-27)13-19-10-11-20(31-3)14-23(19)32-4/h5-14,29H,15-16H2,1-4H3/b24-13-. The van der Waals surface area contributed by atoms with Gasteiger partial charge in [0.25, 0.3) is 0 Å². The van der Waals surface area contributed by atoms with Crippen LogP contribution in [0.5, 0.6) is 23.0 Å². The lowest BCUT2D eigenvalue weighted by Crippen LogP contribution is -2.17. The van der Waals surface area contributed by atoms with Crippen LogP contribution in [-0.2, 0) is 13.1 Å². The smallest absolute Gasteiger partial charge is 0.232 e. The molecular formula is C27H27NO5. The van der Waals surface area contributed by atoms with Gasteiger partial charge in [0.05, 0.1) is 25.3 Å². The maximum absolute atomic E-state index is 13.2. The third-order valence-electron chi connectivity index (χ3n) is 5.67. The number of benzene rings is 3. The Morgan fingerprint density at radius 3 is 2.48 bits per heavy atom. The summed E-state index contributed by atoms with van der Waals surface area (Å²) < 4.78 is 16.8. The Morgan fingerprint density at radius 2 is 1.79 bits per heavy atom. The zero-order valence-corrected chi connectivity index (χ0v) is 19.2. The van der Waals surface area contributed by atoms with E-state index in [-0.39, 0.29) is 17.3 Å². The largest absolute Gasteiger partial charge is 0.507 e. The summed E-state index contributed by atoms with van der Waals surface area (Å²) in [6.07, 6.45) is 1.66. The van der Waals surface area contributed by atoms with E-state index in [1.54, 1.807) is 45.4 Å². The summed E-state index contributed by atoms with van der Waals surface area (Å²) in [5.74, 6) is 1.72. The molecule has 0 aliphatic carbocycles. The minimum absolute atomic E-state index is 0.113. The maximum atomic E-state index is 13.2. The van der Waals surface area contributed by atoms with Crippen LogP contribution in [-0.4, -0.2) is 37.1 Å². The first-order valence-corrected chi connectivity index (χ1v) is 10.7. The van der Waals surface area contributed by atoms with Crippen LogP contribution in [0.2, 0.25) is 0 Å². The Hall–Kier alpha value is -3.77. The molecule has 0 spiro atoms. The zero-order chi connectivity index (χ0) is 23.5. The molecule has 0 saturated carbocycles. The van der Waals surface area contributed by atoms with Gasteiger partial charge in [0.15, 0.2) is 5.76 Å². The number of ether oxygens (including phenoxy) is 3. The number of phenols is 1. The number of rotatable bonds is 7. The molecule has 3 aromatic rings. The lowest BCUT2D eigenvalue weighted by Gasteiger charge is -2.19. The summed E-state index contributed by atoms with van der Waals surface area (Å²) in [7, 11) is 5.11. The van der Waals surface area contributed by atoms with E-state index in [9.17, 15) is 9.90 Å². The van der Waals surface area contributed by atoms with Crippen molar-refractivity contribution in [3.63, 3.8) is 0 Å². The Labute approximate surface area is 193 Å². The second-order valence-electron chi connectivity index (χ2n) is 8.10. The fourth-order valence-electron chi connectivity index (χ4n) is 4.03. The SMILES string of the molecule is COc1ccc(/C=C2\Oc3c(CN(C)Cc4ccccc4)c(O)cc(C)c3C2=O)c(OC)c1. The van der Waals surface area contributed by atoms with Gasteiger partial charge in [-0.1, -0.05) is 30.3 Å². The number of allylic oxidation sites excluding steroid dienone is 1. The summed E-state index contributed by atoms with van der Waals surface area (Å²) in [6.45, 7) is 2.92. The van der Waals surface area contributed by atoms with E-state index in [0.717, 1.165) is 5.56 Å². The number of carbonyl (C=O) groups is 1. The van der Waals surface area contributed by atoms with Crippen LogP contribution in [0.4, 0.5) is 0 Å². The molecule has 1 heterocycles. The fourth-order valence-corrected chi connectivity index (χ4v) is 4.03. The Bertz CT molecular complexity index is 1220. The second kappa shape index (κ2) is 9.38. The molecule has 1 aliphatic rings. The molecule has 0 saturated heterocycles. The highest BCUT2D eigenvalue weighted by Gasteiger charge is 2.33. The second-order valence-corrected chi connectivity index (χ2v) is 8.10. The minimum atomic E-state index is -0.215. The van der Waals surface area contributed by atoms with E-state index in [2.05, 4.69) is 17.0 Å². The van der Waals surface area contributed by atoms with Crippen LogP contribution in [0.15, 0.2) is 60.4 Å². The van der Waals surface area contributed by atoms with E-state index in [1.807, 2.05) is 31.3 Å². The Kier molecular flexibility index (Phi) is 6.38. The zero-order valence-electron chi connectivity index (χ0n) is 19.2. The van der Waals surface area contributed by atoms with Gasteiger partial charge in [0.2, 0.25) is 5.78 Å². The molecule has 0 atom stereocenters. The topological polar surface area (TPSA) is 68.2 Å². The van der Waals surface area contributed by atoms with Gasteiger partial charge in [-0.15, -0.1) is 0 Å². The van der Waals surface area contributed by atoms with E-state index in [0.29, 0.717) is 52.6 Å². The number of methoxy groups -OCH3 is 2. The van der Waals surface area contributed by atoms with Crippen molar-refractivity contribution in [3.8, 4) is 23.0 Å². The van der Waals surface area contributed by atoms with E-state index >= 15 is 0 Å². The third-order valence-corrected chi connectivity index (χ3v) is 5.67. The van der Waals surface area contributed by atoms with Crippen LogP contribution >= 0.6 is 0 Å². The number of hydrogen-bond acceptors (Lipinski definition) is 6. The van der Waals surface area contributed by atoms with Crippen molar-refractivity contribution in [2.45, 2.75) is 20.0 Å². The molecule has 3 aromatic carbocycles. The van der Waals surface area contributed by atoms with Gasteiger partial charge >= 0.3 is 0 Å². The van der Waals surface area contributed by atoms with E-state index in [4.69, 9.17) is 14.2 Å². The quantitative estimate of drug-likeness (QED) is 0.518. The number of fused-ring (bicyclic) bond motifs is 1. The average molecular weight is 446 g/mol. The van der Waals surface area contributed by atoms with Crippen molar-refractivity contribution in [2.24, 2.45) is 0 Å². The van der Waals surface area contributed by atoms with Crippen molar-refractivity contribution in [3.05, 3.63) is 88.2 Å². The number of phenolic OH excluding ortho intramolecular Hbond substituents is 1. The van der Waals surface area contributed by atoms with Gasteiger partial charge in [0, 0.05) is 24.7 Å². The highest BCUT2D eigenvalue weighted by molar-refractivity contribution is 6.16. The Balaban J connectivity index is 1.66. The fraction of sp³-hybridized carbons (Fsp3) is 0.222. The maximum Gasteiger partial charge on any atom is 0.232 e. The van der Waals surface area contributed by atoms with Crippen molar-refractivity contribution < 1.29 is 24.1 Å². The van der Waals surface area contributed by atoms with Gasteiger partial charge in [0.1, 0.15) is 23.0 Å². The number of nitrogens with zero attached hydrogens (tertiary/aromatic N) is 1. The number of Topliss-reactive ketones (excluding diaryl/α,β-unsaturated/α-hetero) is 1. The number of carbonyl (C=O) groups excluding carboxylic acids is 1. The summed E-state index contributed by atoms with van der Waals surface area (Å²) in [5.41, 5.74) is 3.60. The monoisotopic (exact) mass is 445 g/mol. The summed E-state index contributed by atoms with van der Waals surface area (Å²) in [4.78, 5) is 15.3.